The predicted molar refractivity (Wildman–Crippen MR) is 118 cm³/mol. The second-order valence-electron chi connectivity index (χ2n) is 7.30. The van der Waals surface area contributed by atoms with E-state index in [1.807, 2.05) is 25.1 Å². The summed E-state index contributed by atoms with van der Waals surface area (Å²) in [7, 11) is 3.10. The summed E-state index contributed by atoms with van der Waals surface area (Å²) in [6, 6.07) is 11.1. The maximum absolute atomic E-state index is 12.9. The fraction of sp³-hybridized carbons (Fsp3) is 0.391. The Labute approximate surface area is 177 Å². The molecule has 1 heterocycles. The summed E-state index contributed by atoms with van der Waals surface area (Å²) in [5.74, 6) is 1.15. The SMILES string of the molecule is COc1cc(OC)cc(C(=O)NC(=NC[C@@H]2CCCO2)Nc2ccc(C)c(C)c2)c1. The van der Waals surface area contributed by atoms with Crippen molar-refractivity contribution >= 4 is 17.6 Å². The van der Waals surface area contributed by atoms with Gasteiger partial charge in [-0.15, -0.1) is 0 Å². The zero-order valence-corrected chi connectivity index (χ0v) is 18.0. The van der Waals surface area contributed by atoms with E-state index in [0.29, 0.717) is 29.6 Å². The normalized spacial score (nSPS) is 16.3. The minimum Gasteiger partial charge on any atom is -0.497 e. The molecule has 160 valence electrons. The van der Waals surface area contributed by atoms with Gasteiger partial charge in [0.2, 0.25) is 5.96 Å². The number of ether oxygens (including phenoxy) is 3. The molecule has 0 unspecified atom stereocenters. The third-order valence-electron chi connectivity index (χ3n) is 5.09. The molecular formula is C23H29N3O4. The number of rotatable bonds is 6. The molecule has 1 fully saturated rings. The van der Waals surface area contributed by atoms with Crippen LogP contribution in [0.2, 0.25) is 0 Å². The number of hydrogen-bond donors (Lipinski definition) is 2. The topological polar surface area (TPSA) is 81.2 Å². The van der Waals surface area contributed by atoms with Crippen LogP contribution in [0.1, 0.15) is 34.3 Å². The molecule has 1 amide bonds. The van der Waals surface area contributed by atoms with E-state index >= 15 is 0 Å². The van der Waals surface area contributed by atoms with E-state index in [-0.39, 0.29) is 12.0 Å². The molecule has 1 aliphatic rings. The number of guanidine groups is 1. The number of hydrogen-bond acceptors (Lipinski definition) is 5. The van der Waals surface area contributed by atoms with E-state index in [1.165, 1.54) is 5.56 Å². The van der Waals surface area contributed by atoms with E-state index in [0.717, 1.165) is 30.7 Å². The minimum atomic E-state index is -0.311. The van der Waals surface area contributed by atoms with Gasteiger partial charge >= 0.3 is 0 Å². The van der Waals surface area contributed by atoms with Crippen molar-refractivity contribution in [3.8, 4) is 11.5 Å². The van der Waals surface area contributed by atoms with Crippen LogP contribution in [0, 0.1) is 13.8 Å². The zero-order valence-electron chi connectivity index (χ0n) is 18.0. The van der Waals surface area contributed by atoms with E-state index in [2.05, 4.69) is 22.5 Å². The van der Waals surface area contributed by atoms with Crippen LogP contribution < -0.4 is 20.1 Å². The number of nitrogens with zero attached hydrogens (tertiary/aromatic N) is 1. The van der Waals surface area contributed by atoms with Crippen molar-refractivity contribution in [1.29, 1.82) is 0 Å². The molecule has 2 aromatic rings. The molecule has 7 heteroatoms. The molecular weight excluding hydrogens is 382 g/mol. The van der Waals surface area contributed by atoms with Crippen LogP contribution in [0.4, 0.5) is 5.69 Å². The molecule has 0 aromatic heterocycles. The lowest BCUT2D eigenvalue weighted by Crippen LogP contribution is -2.36. The monoisotopic (exact) mass is 411 g/mol. The second kappa shape index (κ2) is 10.1. The van der Waals surface area contributed by atoms with Crippen molar-refractivity contribution in [2.75, 3.05) is 32.7 Å². The molecule has 1 aliphatic heterocycles. The van der Waals surface area contributed by atoms with Gasteiger partial charge in [0.25, 0.3) is 5.91 Å². The quantitative estimate of drug-likeness (QED) is 0.560. The number of aryl methyl sites for hydroxylation is 2. The number of benzene rings is 2. The Morgan fingerprint density at radius 1 is 1.10 bits per heavy atom. The number of nitrogens with one attached hydrogen (secondary N) is 2. The van der Waals surface area contributed by atoms with Crippen LogP contribution in [-0.4, -0.2) is 45.3 Å². The smallest absolute Gasteiger partial charge is 0.258 e. The van der Waals surface area contributed by atoms with Gasteiger partial charge in [-0.2, -0.15) is 0 Å². The number of aliphatic imine (C=N–C) groups is 1. The third-order valence-corrected chi connectivity index (χ3v) is 5.09. The Morgan fingerprint density at radius 2 is 1.83 bits per heavy atom. The van der Waals surface area contributed by atoms with Gasteiger partial charge in [0.1, 0.15) is 11.5 Å². The standard InChI is InChI=1S/C23H29N3O4/c1-15-7-8-18(10-16(15)2)25-23(24-14-19-6-5-9-30-19)26-22(27)17-11-20(28-3)13-21(12-17)29-4/h7-8,10-13,19H,5-6,9,14H2,1-4H3,(H2,24,25,26,27)/t19-/m0/s1. The summed E-state index contributed by atoms with van der Waals surface area (Å²) >= 11 is 0. The van der Waals surface area contributed by atoms with E-state index in [1.54, 1.807) is 32.4 Å². The molecule has 0 saturated carbocycles. The lowest BCUT2D eigenvalue weighted by atomic mass is 10.1. The molecule has 2 N–H and O–H groups in total. The van der Waals surface area contributed by atoms with Crippen molar-refractivity contribution in [2.24, 2.45) is 4.99 Å². The van der Waals surface area contributed by atoms with Crippen molar-refractivity contribution in [3.05, 3.63) is 53.1 Å². The maximum atomic E-state index is 12.9. The largest absolute Gasteiger partial charge is 0.497 e. The average molecular weight is 412 g/mol. The van der Waals surface area contributed by atoms with Gasteiger partial charge < -0.3 is 19.5 Å². The van der Waals surface area contributed by atoms with E-state index < -0.39 is 0 Å². The highest BCUT2D eigenvalue weighted by Gasteiger charge is 2.17. The van der Waals surface area contributed by atoms with Crippen LogP contribution in [0.5, 0.6) is 11.5 Å². The van der Waals surface area contributed by atoms with Crippen LogP contribution in [0.3, 0.4) is 0 Å². The summed E-state index contributed by atoms with van der Waals surface area (Å²) in [6.07, 6.45) is 2.09. The Bertz CT molecular complexity index is 898. The third kappa shape index (κ3) is 5.73. The molecule has 0 spiro atoms. The van der Waals surface area contributed by atoms with Crippen LogP contribution in [0.25, 0.3) is 0 Å². The number of carbonyl (C=O) groups excluding carboxylic acids is 1. The molecule has 3 rings (SSSR count). The fourth-order valence-corrected chi connectivity index (χ4v) is 3.17. The Morgan fingerprint density at radius 3 is 2.43 bits per heavy atom. The fourth-order valence-electron chi connectivity index (χ4n) is 3.17. The first-order chi connectivity index (χ1) is 14.5. The zero-order chi connectivity index (χ0) is 21.5. The van der Waals surface area contributed by atoms with E-state index in [4.69, 9.17) is 14.2 Å². The summed E-state index contributed by atoms with van der Waals surface area (Å²) in [6.45, 7) is 5.35. The summed E-state index contributed by atoms with van der Waals surface area (Å²) < 4.78 is 16.2. The van der Waals surface area contributed by atoms with Crippen molar-refractivity contribution in [2.45, 2.75) is 32.8 Å². The molecule has 0 bridgehead atoms. The van der Waals surface area contributed by atoms with Crippen LogP contribution in [-0.2, 0) is 4.74 Å². The first-order valence-electron chi connectivity index (χ1n) is 10.0. The molecule has 0 aliphatic carbocycles. The highest BCUT2D eigenvalue weighted by molar-refractivity contribution is 6.10. The van der Waals surface area contributed by atoms with Gasteiger partial charge in [-0.1, -0.05) is 6.07 Å². The molecule has 2 aromatic carbocycles. The maximum Gasteiger partial charge on any atom is 0.258 e. The van der Waals surface area contributed by atoms with Gasteiger partial charge in [-0.25, -0.2) is 4.99 Å². The Balaban J connectivity index is 1.81. The number of methoxy groups -OCH3 is 2. The van der Waals surface area contributed by atoms with Crippen molar-refractivity contribution < 1.29 is 19.0 Å². The van der Waals surface area contributed by atoms with Crippen molar-refractivity contribution in [3.63, 3.8) is 0 Å². The highest BCUT2D eigenvalue weighted by atomic mass is 16.5. The Hall–Kier alpha value is -3.06. The summed E-state index contributed by atoms with van der Waals surface area (Å²) in [5.41, 5.74) is 3.62. The number of amides is 1. The van der Waals surface area contributed by atoms with Crippen LogP contribution >= 0.6 is 0 Å². The molecule has 7 nitrogen and oxygen atoms in total. The lowest BCUT2D eigenvalue weighted by molar-refractivity contribution is 0.0975. The highest BCUT2D eigenvalue weighted by Crippen LogP contribution is 2.22. The molecule has 1 saturated heterocycles. The average Bonchev–Trinajstić information content (AvgIpc) is 3.27. The van der Waals surface area contributed by atoms with E-state index in [9.17, 15) is 4.79 Å². The van der Waals surface area contributed by atoms with Gasteiger partial charge in [0, 0.05) is 23.9 Å². The van der Waals surface area contributed by atoms with Crippen molar-refractivity contribution in [1.82, 2.24) is 5.32 Å². The van der Waals surface area contributed by atoms with Gasteiger partial charge in [0.05, 0.1) is 26.9 Å². The second-order valence-corrected chi connectivity index (χ2v) is 7.30. The predicted octanol–water partition coefficient (Wildman–Crippen LogP) is 3.70. The van der Waals surface area contributed by atoms with Gasteiger partial charge in [-0.05, 0) is 62.1 Å². The number of carbonyl (C=O) groups is 1. The van der Waals surface area contributed by atoms with Crippen LogP contribution in [0.15, 0.2) is 41.4 Å². The Kier molecular flexibility index (Phi) is 7.30. The summed E-state index contributed by atoms with van der Waals surface area (Å²) in [4.78, 5) is 17.5. The lowest BCUT2D eigenvalue weighted by Gasteiger charge is -2.15. The molecule has 30 heavy (non-hydrogen) atoms. The number of anilines is 1. The summed E-state index contributed by atoms with van der Waals surface area (Å²) in [5, 5.41) is 6.10. The first kappa shape index (κ1) is 21.6. The minimum absolute atomic E-state index is 0.0790. The molecule has 1 atom stereocenters. The molecule has 0 radical (unpaired) electrons. The van der Waals surface area contributed by atoms with Gasteiger partial charge in [0.15, 0.2) is 0 Å². The first-order valence-corrected chi connectivity index (χ1v) is 10.0. The van der Waals surface area contributed by atoms with Gasteiger partial charge in [-0.3, -0.25) is 10.1 Å².